The molecular formula is C24H31N3O4. The lowest BCUT2D eigenvalue weighted by molar-refractivity contribution is -0.117. The molecule has 0 radical (unpaired) electrons. The van der Waals surface area contributed by atoms with Crippen LogP contribution in [0.5, 0.6) is 11.5 Å². The monoisotopic (exact) mass is 425 g/mol. The summed E-state index contributed by atoms with van der Waals surface area (Å²) in [5, 5.41) is 5.77. The van der Waals surface area contributed by atoms with E-state index in [1.807, 2.05) is 6.07 Å². The van der Waals surface area contributed by atoms with Gasteiger partial charge in [0.2, 0.25) is 5.91 Å². The molecule has 7 heteroatoms. The van der Waals surface area contributed by atoms with Crippen molar-refractivity contribution in [1.29, 1.82) is 0 Å². The van der Waals surface area contributed by atoms with Crippen LogP contribution >= 0.6 is 0 Å². The Labute approximate surface area is 183 Å². The maximum absolute atomic E-state index is 12.7. The first kappa shape index (κ1) is 22.6. The number of hydrogen-bond donors (Lipinski definition) is 2. The van der Waals surface area contributed by atoms with E-state index in [-0.39, 0.29) is 11.8 Å². The minimum absolute atomic E-state index is 0.109. The predicted molar refractivity (Wildman–Crippen MR) is 122 cm³/mol. The molecule has 0 aliphatic carbocycles. The molecule has 0 spiro atoms. The summed E-state index contributed by atoms with van der Waals surface area (Å²) in [4.78, 5) is 27.4. The summed E-state index contributed by atoms with van der Waals surface area (Å²) in [5.41, 5.74) is 1.50. The second-order valence-electron chi connectivity index (χ2n) is 8.26. The van der Waals surface area contributed by atoms with E-state index in [4.69, 9.17) is 9.47 Å². The smallest absolute Gasteiger partial charge is 0.255 e. The lowest BCUT2D eigenvalue weighted by Gasteiger charge is -2.34. The maximum Gasteiger partial charge on any atom is 0.255 e. The van der Waals surface area contributed by atoms with Crippen molar-refractivity contribution < 1.29 is 19.1 Å². The highest BCUT2D eigenvalue weighted by atomic mass is 16.5. The minimum Gasteiger partial charge on any atom is -0.494 e. The Morgan fingerprint density at radius 2 is 1.48 bits per heavy atom. The van der Waals surface area contributed by atoms with E-state index in [2.05, 4.69) is 29.4 Å². The maximum atomic E-state index is 12.7. The quantitative estimate of drug-likeness (QED) is 0.704. The summed E-state index contributed by atoms with van der Waals surface area (Å²) in [6.07, 6.45) is 1.19. The fourth-order valence-corrected chi connectivity index (χ4v) is 4.19. The third-order valence-electron chi connectivity index (χ3n) is 5.39. The predicted octanol–water partition coefficient (Wildman–Crippen LogP) is 3.87. The third kappa shape index (κ3) is 5.98. The number of benzene rings is 2. The number of amides is 2. The van der Waals surface area contributed by atoms with Gasteiger partial charge >= 0.3 is 0 Å². The first-order valence-electron chi connectivity index (χ1n) is 10.5. The highest BCUT2D eigenvalue weighted by Crippen LogP contribution is 2.36. The van der Waals surface area contributed by atoms with Crippen LogP contribution < -0.4 is 20.1 Å². The number of piperidine rings is 1. The standard InChI is InChI=1S/C24H31N3O4/c1-16-10-17(2)14-27(13-16)15-23(28)25-19-11-22(31-4)20(12-21(19)30-3)26-24(29)18-8-6-5-7-9-18/h5-9,11-12,16-17H,10,13-15H2,1-4H3,(H,25,28)(H,26,29). The summed E-state index contributed by atoms with van der Waals surface area (Å²) >= 11 is 0. The van der Waals surface area contributed by atoms with E-state index in [9.17, 15) is 9.59 Å². The van der Waals surface area contributed by atoms with Gasteiger partial charge in [0, 0.05) is 30.8 Å². The summed E-state index contributed by atoms with van der Waals surface area (Å²) in [5.74, 6) is 1.67. The molecule has 1 aliphatic heterocycles. The lowest BCUT2D eigenvalue weighted by atomic mass is 9.92. The van der Waals surface area contributed by atoms with Gasteiger partial charge in [-0.05, 0) is 30.4 Å². The second kappa shape index (κ2) is 10.3. The first-order valence-corrected chi connectivity index (χ1v) is 10.5. The van der Waals surface area contributed by atoms with Crippen molar-refractivity contribution >= 4 is 23.2 Å². The highest BCUT2D eigenvalue weighted by molar-refractivity contribution is 6.05. The van der Waals surface area contributed by atoms with Crippen molar-refractivity contribution in [2.75, 3.05) is 44.5 Å². The number of anilines is 2. The van der Waals surface area contributed by atoms with Crippen LogP contribution in [0.25, 0.3) is 0 Å². The number of ether oxygens (including phenoxy) is 2. The molecule has 166 valence electrons. The van der Waals surface area contributed by atoms with Gasteiger partial charge in [0.15, 0.2) is 0 Å². The van der Waals surface area contributed by atoms with E-state index in [1.165, 1.54) is 20.6 Å². The Hall–Kier alpha value is -3.06. The van der Waals surface area contributed by atoms with E-state index in [1.54, 1.807) is 36.4 Å². The molecular weight excluding hydrogens is 394 g/mol. The Morgan fingerprint density at radius 1 is 0.935 bits per heavy atom. The number of nitrogens with one attached hydrogen (secondary N) is 2. The van der Waals surface area contributed by atoms with Crippen molar-refractivity contribution in [3.8, 4) is 11.5 Å². The number of rotatable bonds is 7. The summed E-state index contributed by atoms with van der Waals surface area (Å²) < 4.78 is 10.9. The number of methoxy groups -OCH3 is 2. The molecule has 7 nitrogen and oxygen atoms in total. The molecule has 2 amide bonds. The van der Waals surface area contributed by atoms with Crippen LogP contribution in [0.2, 0.25) is 0 Å². The molecule has 0 aromatic heterocycles. The van der Waals surface area contributed by atoms with Crippen molar-refractivity contribution in [2.45, 2.75) is 20.3 Å². The number of likely N-dealkylation sites (tertiary alicyclic amines) is 1. The third-order valence-corrected chi connectivity index (χ3v) is 5.39. The van der Waals surface area contributed by atoms with Crippen molar-refractivity contribution in [3.63, 3.8) is 0 Å². The Kier molecular flexibility index (Phi) is 7.52. The fourth-order valence-electron chi connectivity index (χ4n) is 4.19. The molecule has 2 aromatic carbocycles. The summed E-state index contributed by atoms with van der Waals surface area (Å²) in [7, 11) is 3.04. The van der Waals surface area contributed by atoms with Gasteiger partial charge in [-0.2, -0.15) is 0 Å². The molecule has 2 aromatic rings. The van der Waals surface area contributed by atoms with Crippen molar-refractivity contribution in [2.24, 2.45) is 11.8 Å². The molecule has 2 unspecified atom stereocenters. The zero-order chi connectivity index (χ0) is 22.4. The van der Waals surface area contributed by atoms with Gasteiger partial charge in [0.05, 0.1) is 32.1 Å². The summed E-state index contributed by atoms with van der Waals surface area (Å²) in [6, 6.07) is 12.2. The number of nitrogens with zero attached hydrogens (tertiary/aromatic N) is 1. The van der Waals surface area contributed by atoms with Gasteiger partial charge < -0.3 is 20.1 Å². The fraction of sp³-hybridized carbons (Fsp3) is 0.417. The van der Waals surface area contributed by atoms with Gasteiger partial charge in [0.25, 0.3) is 5.91 Å². The topological polar surface area (TPSA) is 79.9 Å². The number of carbonyl (C=O) groups is 2. The molecule has 2 atom stereocenters. The number of carbonyl (C=O) groups excluding carboxylic acids is 2. The highest BCUT2D eigenvalue weighted by Gasteiger charge is 2.24. The second-order valence-corrected chi connectivity index (χ2v) is 8.26. The molecule has 0 bridgehead atoms. The van der Waals surface area contributed by atoms with Crippen LogP contribution in [0.3, 0.4) is 0 Å². The van der Waals surface area contributed by atoms with Crippen LogP contribution in [0, 0.1) is 11.8 Å². The van der Waals surface area contributed by atoms with Gasteiger partial charge in [-0.15, -0.1) is 0 Å². The van der Waals surface area contributed by atoms with Crippen LogP contribution in [0.1, 0.15) is 30.6 Å². The Balaban J connectivity index is 1.73. The van der Waals surface area contributed by atoms with Gasteiger partial charge in [0.1, 0.15) is 11.5 Å². The van der Waals surface area contributed by atoms with Gasteiger partial charge in [-0.3, -0.25) is 14.5 Å². The minimum atomic E-state index is -0.258. The van der Waals surface area contributed by atoms with Crippen molar-refractivity contribution in [1.82, 2.24) is 4.90 Å². The lowest BCUT2D eigenvalue weighted by Crippen LogP contribution is -2.42. The molecule has 3 rings (SSSR count). The van der Waals surface area contributed by atoms with E-state index < -0.39 is 0 Å². The largest absolute Gasteiger partial charge is 0.494 e. The zero-order valence-electron chi connectivity index (χ0n) is 18.6. The first-order chi connectivity index (χ1) is 14.9. The molecule has 2 N–H and O–H groups in total. The average Bonchev–Trinajstić information content (AvgIpc) is 2.74. The molecule has 31 heavy (non-hydrogen) atoms. The van der Waals surface area contributed by atoms with E-state index in [0.29, 0.717) is 46.8 Å². The molecule has 0 saturated carbocycles. The zero-order valence-corrected chi connectivity index (χ0v) is 18.6. The van der Waals surface area contributed by atoms with Crippen LogP contribution in [-0.2, 0) is 4.79 Å². The van der Waals surface area contributed by atoms with Gasteiger partial charge in [-0.25, -0.2) is 0 Å². The van der Waals surface area contributed by atoms with E-state index in [0.717, 1.165) is 13.1 Å². The average molecular weight is 426 g/mol. The summed E-state index contributed by atoms with van der Waals surface area (Å²) in [6.45, 7) is 6.60. The van der Waals surface area contributed by atoms with Crippen LogP contribution in [0.15, 0.2) is 42.5 Å². The molecule has 1 heterocycles. The van der Waals surface area contributed by atoms with Crippen molar-refractivity contribution in [3.05, 3.63) is 48.0 Å². The van der Waals surface area contributed by atoms with Gasteiger partial charge in [-0.1, -0.05) is 32.0 Å². The molecule has 1 aliphatic rings. The molecule has 1 fully saturated rings. The Morgan fingerprint density at radius 3 is 2.03 bits per heavy atom. The van der Waals surface area contributed by atoms with Crippen LogP contribution in [-0.4, -0.2) is 50.6 Å². The SMILES string of the molecule is COc1cc(NC(=O)c2ccccc2)c(OC)cc1NC(=O)CN1CC(C)CC(C)C1. The normalized spacial score (nSPS) is 18.8. The van der Waals surface area contributed by atoms with E-state index >= 15 is 0 Å². The Bertz CT molecular complexity index is 907. The number of hydrogen-bond acceptors (Lipinski definition) is 5. The molecule has 1 saturated heterocycles. The van der Waals surface area contributed by atoms with Crippen LogP contribution in [0.4, 0.5) is 11.4 Å².